The number of nitrogens with zero attached hydrogens (tertiary/aromatic N) is 4. The van der Waals surface area contributed by atoms with Crippen molar-refractivity contribution < 1.29 is 38.7 Å². The van der Waals surface area contributed by atoms with Crippen LogP contribution in [0.2, 0.25) is 4.34 Å². The number of aliphatic carboxylic acids is 2. The lowest BCUT2D eigenvalue weighted by atomic mass is 10.0. The number of rotatable bonds is 9. The number of thioether (sulfide) groups is 1. The summed E-state index contributed by atoms with van der Waals surface area (Å²) in [4.78, 5) is 59.4. The second kappa shape index (κ2) is 10.5. The fourth-order valence-corrected chi connectivity index (χ4v) is 6.82. The van der Waals surface area contributed by atoms with Gasteiger partial charge < -0.3 is 35.4 Å². The monoisotopic (exact) mass is 572 g/mol. The first kappa shape index (κ1) is 27.2. The first-order valence-corrected chi connectivity index (χ1v) is 13.6. The van der Waals surface area contributed by atoms with Gasteiger partial charge in [-0.3, -0.25) is 14.5 Å². The summed E-state index contributed by atoms with van der Waals surface area (Å²) in [5, 5.41) is 26.6. The topological polar surface area (TPSA) is 187 Å². The van der Waals surface area contributed by atoms with Crippen LogP contribution in [0, 0.1) is 0 Å². The van der Waals surface area contributed by atoms with E-state index < -0.39 is 47.0 Å². The largest absolute Gasteiger partial charge is 0.543 e. The van der Waals surface area contributed by atoms with Crippen LogP contribution in [-0.4, -0.2) is 98.9 Å². The molecule has 16 heteroatoms. The molecule has 200 valence electrons. The molecule has 1 aromatic heterocycles. The fraction of sp³-hybridized carbons (Fsp3) is 0.524. The molecule has 13 nitrogen and oxygen atoms in total. The van der Waals surface area contributed by atoms with Crippen molar-refractivity contribution in [3.8, 4) is 0 Å². The molecule has 1 unspecified atom stereocenters. The lowest BCUT2D eigenvalue weighted by Gasteiger charge is -2.51. The van der Waals surface area contributed by atoms with Gasteiger partial charge in [-0.15, -0.1) is 11.8 Å². The van der Waals surface area contributed by atoms with Crippen LogP contribution in [0.1, 0.15) is 25.5 Å². The van der Waals surface area contributed by atoms with E-state index in [1.807, 2.05) is 0 Å². The normalized spacial score (nSPS) is 23.8. The zero-order chi connectivity index (χ0) is 27.1. The molecule has 37 heavy (non-hydrogen) atoms. The lowest BCUT2D eigenvalue weighted by molar-refractivity contribution is -0.893. The molecule has 3 aliphatic heterocycles. The summed E-state index contributed by atoms with van der Waals surface area (Å²) < 4.78 is 0.711. The van der Waals surface area contributed by atoms with E-state index in [1.165, 1.54) is 18.7 Å². The summed E-state index contributed by atoms with van der Waals surface area (Å²) in [7, 11) is 2.06. The number of likely N-dealkylation sites (N-methyl/N-ethyl adjacent to an activating group) is 1. The van der Waals surface area contributed by atoms with E-state index >= 15 is 0 Å². The van der Waals surface area contributed by atoms with E-state index in [1.54, 1.807) is 0 Å². The maximum atomic E-state index is 13.1. The summed E-state index contributed by atoms with van der Waals surface area (Å²) >= 11 is 8.33. The molecule has 2 saturated heterocycles. The highest BCUT2D eigenvalue weighted by Crippen LogP contribution is 2.41. The molecule has 4 rings (SSSR count). The SMILES string of the molecule is C[C@H](O/N=C(\C(=O)N[C@@H]1C(=O)N2C(C(=O)[O-])=C(C[N+]3(C)CCCC3)CSC12)c1nc(N)sc1Cl)C(=O)O. The fourth-order valence-electron chi connectivity index (χ4n) is 4.55. The van der Waals surface area contributed by atoms with Crippen LogP contribution in [0.4, 0.5) is 5.13 Å². The number of thiazole rings is 1. The number of anilines is 1. The number of carbonyl (C=O) groups is 4. The second-order valence-electron chi connectivity index (χ2n) is 9.23. The Hall–Kier alpha value is -2.88. The highest BCUT2D eigenvalue weighted by Gasteiger charge is 2.54. The number of carboxylic acid groups (broad SMARTS) is 2. The third-order valence-electron chi connectivity index (χ3n) is 6.44. The Kier molecular flexibility index (Phi) is 7.69. The molecule has 0 spiro atoms. The number of nitrogen functional groups attached to an aromatic ring is 1. The zero-order valence-electron chi connectivity index (χ0n) is 19.9. The molecular formula is C21H25ClN6O7S2. The van der Waals surface area contributed by atoms with Crippen LogP contribution >= 0.6 is 34.7 Å². The number of β-lactam (4-membered cyclic amide) rings is 1. The molecular weight excluding hydrogens is 548 g/mol. The van der Waals surface area contributed by atoms with Crippen LogP contribution in [0.15, 0.2) is 16.4 Å². The molecule has 2 fully saturated rings. The number of hydrogen-bond acceptors (Lipinski definition) is 11. The van der Waals surface area contributed by atoms with E-state index in [0.29, 0.717) is 22.4 Å². The van der Waals surface area contributed by atoms with Gasteiger partial charge in [0.25, 0.3) is 11.8 Å². The first-order valence-electron chi connectivity index (χ1n) is 11.3. The smallest absolute Gasteiger partial charge is 0.347 e. The van der Waals surface area contributed by atoms with Gasteiger partial charge in [0.05, 0.1) is 31.8 Å². The van der Waals surface area contributed by atoms with E-state index in [0.717, 1.165) is 42.2 Å². The van der Waals surface area contributed by atoms with Gasteiger partial charge in [-0.25, -0.2) is 9.78 Å². The predicted molar refractivity (Wildman–Crippen MR) is 133 cm³/mol. The Balaban J connectivity index is 1.55. The molecule has 2 amide bonds. The number of hydrogen-bond donors (Lipinski definition) is 3. The third-order valence-corrected chi connectivity index (χ3v) is 8.86. The maximum Gasteiger partial charge on any atom is 0.347 e. The van der Waals surface area contributed by atoms with Crippen LogP contribution in [-0.2, 0) is 24.0 Å². The van der Waals surface area contributed by atoms with E-state index in [4.69, 9.17) is 27.3 Å². The van der Waals surface area contributed by atoms with Crippen LogP contribution in [0.5, 0.6) is 0 Å². The quantitative estimate of drug-likeness (QED) is 0.146. The Labute approximate surface area is 224 Å². The predicted octanol–water partition coefficient (Wildman–Crippen LogP) is -0.783. The molecule has 3 atom stereocenters. The molecule has 0 aliphatic carbocycles. The van der Waals surface area contributed by atoms with Crippen LogP contribution < -0.4 is 16.2 Å². The Morgan fingerprint density at radius 2 is 2.08 bits per heavy atom. The third kappa shape index (κ3) is 5.39. The summed E-state index contributed by atoms with van der Waals surface area (Å²) in [6.45, 7) is 3.57. The maximum absolute atomic E-state index is 13.1. The minimum absolute atomic E-state index is 0.0110. The number of quaternary nitrogens is 1. The number of halogens is 1. The van der Waals surface area contributed by atoms with E-state index in [-0.39, 0.29) is 20.9 Å². The highest BCUT2D eigenvalue weighted by atomic mass is 35.5. The Bertz CT molecular complexity index is 1210. The minimum atomic E-state index is -1.44. The van der Waals surface area contributed by atoms with Crippen molar-refractivity contribution in [2.45, 2.75) is 37.3 Å². The molecule has 1 aromatic rings. The Morgan fingerprint density at radius 3 is 2.65 bits per heavy atom. The van der Waals surface area contributed by atoms with Gasteiger partial charge in [0.15, 0.2) is 10.8 Å². The van der Waals surface area contributed by atoms with Crippen molar-refractivity contribution in [1.29, 1.82) is 0 Å². The second-order valence-corrected chi connectivity index (χ2v) is 12.0. The van der Waals surface area contributed by atoms with Crippen molar-refractivity contribution in [3.63, 3.8) is 0 Å². The van der Waals surface area contributed by atoms with Crippen LogP contribution in [0.3, 0.4) is 0 Å². The van der Waals surface area contributed by atoms with Crippen molar-refractivity contribution in [2.24, 2.45) is 5.16 Å². The molecule has 4 heterocycles. The number of carboxylic acids is 2. The molecule has 4 N–H and O–H groups in total. The van der Waals surface area contributed by atoms with Gasteiger partial charge in [-0.05, 0) is 6.92 Å². The van der Waals surface area contributed by atoms with Gasteiger partial charge >= 0.3 is 5.97 Å². The summed E-state index contributed by atoms with van der Waals surface area (Å²) in [6.07, 6.45) is 0.733. The number of amides is 2. The van der Waals surface area contributed by atoms with Crippen molar-refractivity contribution in [1.82, 2.24) is 15.2 Å². The first-order chi connectivity index (χ1) is 17.4. The van der Waals surface area contributed by atoms with Crippen molar-refractivity contribution >= 4 is 69.3 Å². The Morgan fingerprint density at radius 1 is 1.41 bits per heavy atom. The molecule has 0 bridgehead atoms. The lowest BCUT2D eigenvalue weighted by Crippen LogP contribution is -2.71. The van der Waals surface area contributed by atoms with E-state index in [9.17, 15) is 24.3 Å². The number of likely N-dealkylation sites (tertiary alicyclic amines) is 1. The minimum Gasteiger partial charge on any atom is -0.543 e. The number of fused-ring (bicyclic) bond motifs is 1. The highest BCUT2D eigenvalue weighted by molar-refractivity contribution is 8.00. The average Bonchev–Trinajstić information content (AvgIpc) is 3.41. The summed E-state index contributed by atoms with van der Waals surface area (Å²) in [5.41, 5.74) is 5.54. The number of aromatic nitrogens is 1. The molecule has 0 aromatic carbocycles. The average molecular weight is 573 g/mol. The van der Waals surface area contributed by atoms with Crippen molar-refractivity contribution in [2.75, 3.05) is 38.2 Å². The number of oxime groups is 1. The van der Waals surface area contributed by atoms with Gasteiger partial charge in [-0.2, -0.15) is 0 Å². The summed E-state index contributed by atoms with van der Waals surface area (Å²) in [6, 6.07) is -1.07. The van der Waals surface area contributed by atoms with Gasteiger partial charge in [0.1, 0.15) is 28.0 Å². The number of carbonyl (C=O) groups excluding carboxylic acids is 3. The van der Waals surface area contributed by atoms with E-state index in [2.05, 4.69) is 22.5 Å². The molecule has 0 radical (unpaired) electrons. The van der Waals surface area contributed by atoms with Gasteiger partial charge in [0.2, 0.25) is 6.10 Å². The molecule has 0 saturated carbocycles. The number of nitrogens with two attached hydrogens (primary N) is 1. The standard InChI is InChI=1S/C21H25ClN6O7S2/c1-9(19(31)32)35-26-12(11-15(22)37-21(23)25-11)16(29)24-13-17(30)27-14(20(33)34)10(8-36-18(13)27)7-28(2)5-3-4-6-28/h9,13,18H,3-8H2,1-2H3,(H4-,23,24,25,29,31,32,33,34)/b26-12-/t9-,13+,18?/m0/s1. The number of nitrogens with one attached hydrogen (secondary N) is 1. The van der Waals surface area contributed by atoms with Crippen LogP contribution in [0.25, 0.3) is 0 Å². The van der Waals surface area contributed by atoms with Crippen molar-refractivity contribution in [3.05, 3.63) is 21.3 Å². The summed E-state index contributed by atoms with van der Waals surface area (Å²) in [5.74, 6) is -3.92. The zero-order valence-corrected chi connectivity index (χ0v) is 22.3. The molecule has 3 aliphatic rings. The van der Waals surface area contributed by atoms with Gasteiger partial charge in [-0.1, -0.05) is 28.1 Å². The van der Waals surface area contributed by atoms with Gasteiger partial charge in [0, 0.05) is 24.2 Å².